The van der Waals surface area contributed by atoms with E-state index >= 15 is 0 Å². The summed E-state index contributed by atoms with van der Waals surface area (Å²) in [4.78, 5) is 24.1. The third-order valence-corrected chi connectivity index (χ3v) is 4.10. The highest BCUT2D eigenvalue weighted by Crippen LogP contribution is 2.20. The van der Waals surface area contributed by atoms with Crippen molar-refractivity contribution < 1.29 is 14.7 Å². The van der Waals surface area contributed by atoms with Crippen molar-refractivity contribution in [2.45, 2.75) is 45.1 Å². The summed E-state index contributed by atoms with van der Waals surface area (Å²) < 4.78 is 0. The van der Waals surface area contributed by atoms with Crippen LogP contribution >= 0.6 is 0 Å². The molecule has 1 aliphatic carbocycles. The molecule has 3 N–H and O–H groups in total. The minimum atomic E-state index is -0.626. The maximum atomic E-state index is 12.2. The zero-order valence-corrected chi connectivity index (χ0v) is 14.3. The molecule has 2 rings (SSSR count). The van der Waals surface area contributed by atoms with Crippen LogP contribution in [0.15, 0.2) is 36.4 Å². The van der Waals surface area contributed by atoms with Gasteiger partial charge in [-0.1, -0.05) is 24.3 Å². The van der Waals surface area contributed by atoms with Gasteiger partial charge in [-0.15, -0.1) is 0 Å². The zero-order chi connectivity index (χ0) is 17.6. The van der Waals surface area contributed by atoms with Gasteiger partial charge in [-0.3, -0.25) is 9.59 Å². The lowest BCUT2D eigenvalue weighted by Gasteiger charge is -2.23. The van der Waals surface area contributed by atoms with E-state index in [4.69, 9.17) is 0 Å². The second-order valence-corrected chi connectivity index (χ2v) is 6.93. The number of amides is 2. The second kappa shape index (κ2) is 8.11. The summed E-state index contributed by atoms with van der Waals surface area (Å²) in [5.74, 6) is -0.0458. The van der Waals surface area contributed by atoms with Gasteiger partial charge in [0.25, 0.3) is 0 Å². The summed E-state index contributed by atoms with van der Waals surface area (Å²) in [7, 11) is 0. The monoisotopic (exact) mass is 330 g/mol. The van der Waals surface area contributed by atoms with Crippen molar-refractivity contribution in [3.05, 3.63) is 42.0 Å². The number of aliphatic hydroxyl groups excluding tert-OH is 1. The van der Waals surface area contributed by atoms with E-state index in [1.807, 2.05) is 24.3 Å². The number of carbonyl (C=O) groups is 2. The Morgan fingerprint density at radius 1 is 1.21 bits per heavy atom. The Labute approximate surface area is 143 Å². The number of hydrogen-bond donors (Lipinski definition) is 3. The lowest BCUT2D eigenvalue weighted by atomic mass is 9.93. The molecule has 130 valence electrons. The predicted molar refractivity (Wildman–Crippen MR) is 94.6 cm³/mol. The first kappa shape index (κ1) is 18.2. The molecule has 5 heteroatoms. The van der Waals surface area contributed by atoms with Crippen LogP contribution in [-0.2, 0) is 16.0 Å². The summed E-state index contributed by atoms with van der Waals surface area (Å²) in [6.45, 7) is 3.42. The van der Waals surface area contributed by atoms with Gasteiger partial charge in [0.15, 0.2) is 0 Å². The topological polar surface area (TPSA) is 78.4 Å². The van der Waals surface area contributed by atoms with Crippen molar-refractivity contribution in [1.82, 2.24) is 5.32 Å². The Hall–Kier alpha value is -2.14. The fourth-order valence-corrected chi connectivity index (χ4v) is 2.63. The Bertz CT molecular complexity index is 606. The highest BCUT2D eigenvalue weighted by molar-refractivity contribution is 5.92. The molecular formula is C19H26N2O3. The van der Waals surface area contributed by atoms with Gasteiger partial charge in [0.2, 0.25) is 11.8 Å². The average molecular weight is 330 g/mol. The van der Waals surface area contributed by atoms with E-state index in [0.29, 0.717) is 0 Å². The summed E-state index contributed by atoms with van der Waals surface area (Å²) in [5.41, 5.74) is 0.980. The van der Waals surface area contributed by atoms with Crippen LogP contribution in [0, 0.1) is 5.92 Å². The fraction of sp³-hybridized carbons (Fsp3) is 0.474. The zero-order valence-electron chi connectivity index (χ0n) is 14.3. The van der Waals surface area contributed by atoms with Gasteiger partial charge in [-0.2, -0.15) is 0 Å². The van der Waals surface area contributed by atoms with Crippen molar-refractivity contribution in [1.29, 1.82) is 0 Å². The minimum absolute atomic E-state index is 0.0427. The van der Waals surface area contributed by atoms with E-state index in [1.165, 1.54) is 0 Å². The molecule has 0 aromatic heterocycles. The van der Waals surface area contributed by atoms with Crippen molar-refractivity contribution in [3.63, 3.8) is 0 Å². The molecule has 1 unspecified atom stereocenters. The SMILES string of the molecule is CC(C)(CO)NC(=O)Cc1ccc(NC(=O)C2CC=CCC2)cc1. The molecule has 24 heavy (non-hydrogen) atoms. The normalized spacial score (nSPS) is 17.4. The van der Waals surface area contributed by atoms with Gasteiger partial charge < -0.3 is 15.7 Å². The number of aliphatic hydroxyl groups is 1. The van der Waals surface area contributed by atoms with Crippen LogP contribution in [0.4, 0.5) is 5.69 Å². The summed E-state index contributed by atoms with van der Waals surface area (Å²) in [6, 6.07) is 7.30. The molecule has 1 atom stereocenters. The van der Waals surface area contributed by atoms with E-state index in [9.17, 15) is 14.7 Å². The van der Waals surface area contributed by atoms with Crippen LogP contribution in [0.1, 0.15) is 38.7 Å². The molecule has 1 aromatic carbocycles. The van der Waals surface area contributed by atoms with Crippen LogP contribution in [0.5, 0.6) is 0 Å². The average Bonchev–Trinajstić information content (AvgIpc) is 2.57. The maximum absolute atomic E-state index is 12.2. The molecule has 0 saturated carbocycles. The predicted octanol–water partition coefficient (Wildman–Crippen LogP) is 2.41. The van der Waals surface area contributed by atoms with E-state index in [0.717, 1.165) is 30.5 Å². The second-order valence-electron chi connectivity index (χ2n) is 6.93. The summed E-state index contributed by atoms with van der Waals surface area (Å²) in [6.07, 6.45) is 7.05. The number of benzene rings is 1. The lowest BCUT2D eigenvalue weighted by molar-refractivity contribution is -0.122. The molecule has 1 aromatic rings. The molecule has 0 bridgehead atoms. The highest BCUT2D eigenvalue weighted by Gasteiger charge is 2.20. The Balaban J connectivity index is 1.87. The number of hydrogen-bond acceptors (Lipinski definition) is 3. The van der Waals surface area contributed by atoms with E-state index in [2.05, 4.69) is 22.8 Å². The van der Waals surface area contributed by atoms with Gasteiger partial charge in [0, 0.05) is 11.6 Å². The highest BCUT2D eigenvalue weighted by atomic mass is 16.3. The first-order valence-electron chi connectivity index (χ1n) is 8.36. The van der Waals surface area contributed by atoms with Crippen molar-refractivity contribution in [2.75, 3.05) is 11.9 Å². The molecule has 0 heterocycles. The van der Waals surface area contributed by atoms with Crippen LogP contribution in [0.2, 0.25) is 0 Å². The molecule has 0 aliphatic heterocycles. The number of anilines is 1. The number of allylic oxidation sites excluding steroid dienone is 2. The van der Waals surface area contributed by atoms with E-state index < -0.39 is 5.54 Å². The van der Waals surface area contributed by atoms with Crippen molar-refractivity contribution in [3.8, 4) is 0 Å². The van der Waals surface area contributed by atoms with Crippen LogP contribution in [-0.4, -0.2) is 29.1 Å². The quantitative estimate of drug-likeness (QED) is 0.701. The third kappa shape index (κ3) is 5.49. The summed E-state index contributed by atoms with van der Waals surface area (Å²) >= 11 is 0. The van der Waals surface area contributed by atoms with Gasteiger partial charge in [0.1, 0.15) is 0 Å². The standard InChI is InChI=1S/C19H26N2O3/c1-19(2,13-22)21-17(23)12-14-8-10-16(11-9-14)20-18(24)15-6-4-3-5-7-15/h3-4,8-11,15,22H,5-7,12-13H2,1-2H3,(H,20,24)(H,21,23). The Morgan fingerprint density at radius 3 is 2.50 bits per heavy atom. The minimum Gasteiger partial charge on any atom is -0.394 e. The molecule has 1 aliphatic rings. The van der Waals surface area contributed by atoms with Crippen molar-refractivity contribution >= 4 is 17.5 Å². The number of carbonyl (C=O) groups excluding carboxylic acids is 2. The van der Waals surface area contributed by atoms with Gasteiger partial charge in [0.05, 0.1) is 18.6 Å². The molecule has 2 amide bonds. The molecular weight excluding hydrogens is 304 g/mol. The molecule has 0 spiro atoms. The Kier molecular flexibility index (Phi) is 6.15. The lowest BCUT2D eigenvalue weighted by Crippen LogP contribution is -2.46. The first-order chi connectivity index (χ1) is 11.4. The van der Waals surface area contributed by atoms with Gasteiger partial charge in [-0.25, -0.2) is 0 Å². The molecule has 0 radical (unpaired) electrons. The van der Waals surface area contributed by atoms with Gasteiger partial charge in [-0.05, 0) is 50.8 Å². The fourth-order valence-electron chi connectivity index (χ4n) is 2.63. The van der Waals surface area contributed by atoms with E-state index in [-0.39, 0.29) is 30.8 Å². The van der Waals surface area contributed by atoms with Crippen molar-refractivity contribution in [2.24, 2.45) is 5.92 Å². The van der Waals surface area contributed by atoms with E-state index in [1.54, 1.807) is 13.8 Å². The van der Waals surface area contributed by atoms with Crippen LogP contribution in [0.25, 0.3) is 0 Å². The number of nitrogens with one attached hydrogen (secondary N) is 2. The maximum Gasteiger partial charge on any atom is 0.227 e. The first-order valence-corrected chi connectivity index (χ1v) is 8.36. The van der Waals surface area contributed by atoms with Crippen LogP contribution in [0.3, 0.4) is 0 Å². The smallest absolute Gasteiger partial charge is 0.227 e. The van der Waals surface area contributed by atoms with Gasteiger partial charge >= 0.3 is 0 Å². The van der Waals surface area contributed by atoms with Crippen LogP contribution < -0.4 is 10.6 Å². The summed E-state index contributed by atoms with van der Waals surface area (Å²) in [5, 5.41) is 14.9. The molecule has 0 fully saturated rings. The Morgan fingerprint density at radius 2 is 1.92 bits per heavy atom. The largest absolute Gasteiger partial charge is 0.394 e. The third-order valence-electron chi connectivity index (χ3n) is 4.10. The molecule has 5 nitrogen and oxygen atoms in total. The number of rotatable bonds is 6. The molecule has 0 saturated heterocycles.